The van der Waals surface area contributed by atoms with Crippen molar-refractivity contribution in [2.45, 2.75) is 6.04 Å². The maximum Gasteiger partial charge on any atom is 0.153 e. The van der Waals surface area contributed by atoms with E-state index in [1.54, 1.807) is 4.68 Å². The van der Waals surface area contributed by atoms with Gasteiger partial charge in [0.05, 0.1) is 11.7 Å². The number of halogens is 2. The van der Waals surface area contributed by atoms with Crippen molar-refractivity contribution in [3.63, 3.8) is 0 Å². The molecular weight excluding hydrogens is 397 g/mol. The Morgan fingerprint density at radius 2 is 2.06 bits per heavy atom. The average Bonchev–Trinajstić information content (AvgIpc) is 2.64. The van der Waals surface area contributed by atoms with Crippen LogP contribution in [0.4, 0.5) is 0 Å². The second kappa shape index (κ2) is 5.42. The van der Waals surface area contributed by atoms with E-state index >= 15 is 0 Å². The molecule has 0 saturated carbocycles. The topological polar surface area (TPSA) is 68.8 Å². The summed E-state index contributed by atoms with van der Waals surface area (Å²) < 4.78 is 3.58. The van der Waals surface area contributed by atoms with Crippen LogP contribution in [-0.2, 0) is 7.05 Å². The van der Waals surface area contributed by atoms with Gasteiger partial charge in [-0.1, -0.05) is 17.3 Å². The van der Waals surface area contributed by atoms with Gasteiger partial charge in [0.15, 0.2) is 4.60 Å². The van der Waals surface area contributed by atoms with Crippen molar-refractivity contribution in [2.75, 3.05) is 0 Å². The fourth-order valence-electron chi connectivity index (χ4n) is 1.63. The summed E-state index contributed by atoms with van der Waals surface area (Å²) in [6.07, 6.45) is 0. The Hall–Kier alpha value is -0.510. The lowest BCUT2D eigenvalue weighted by Gasteiger charge is -2.16. The molecule has 0 saturated heterocycles. The Bertz CT molecular complexity index is 490. The quantitative estimate of drug-likeness (QED) is 0.462. The number of benzene rings is 1. The summed E-state index contributed by atoms with van der Waals surface area (Å²) >= 11 is 5.65. The molecule has 0 fully saturated rings. The molecule has 0 aliphatic heterocycles. The number of nitrogens with two attached hydrogens (primary N) is 1. The first-order valence-electron chi connectivity index (χ1n) is 4.90. The molecule has 0 aliphatic carbocycles. The number of aromatic nitrogens is 3. The van der Waals surface area contributed by atoms with Crippen LogP contribution in [0.25, 0.3) is 0 Å². The molecule has 2 rings (SSSR count). The fourth-order valence-corrected chi connectivity index (χ4v) is 2.55. The molecule has 1 aromatic heterocycles. The zero-order chi connectivity index (χ0) is 12.4. The van der Waals surface area contributed by atoms with Crippen molar-refractivity contribution in [3.8, 4) is 0 Å². The van der Waals surface area contributed by atoms with Gasteiger partial charge in [0, 0.05) is 10.6 Å². The highest BCUT2D eigenvalue weighted by Gasteiger charge is 2.20. The maximum atomic E-state index is 5.63. The van der Waals surface area contributed by atoms with Crippen LogP contribution in [0.1, 0.15) is 17.3 Å². The third-order valence-electron chi connectivity index (χ3n) is 2.47. The molecule has 0 amide bonds. The van der Waals surface area contributed by atoms with E-state index < -0.39 is 0 Å². The molecular formula is C10H11BrIN5. The van der Waals surface area contributed by atoms with Crippen LogP contribution in [0, 0.1) is 3.57 Å². The standard InChI is InChI=1S/C10H11BrIN5/c1-17-9(10(11)15-16-17)8(14-13)6-2-4-7(12)5-3-6/h2-5,8,14H,13H2,1H3. The van der Waals surface area contributed by atoms with Crippen LogP contribution in [-0.4, -0.2) is 15.0 Å². The van der Waals surface area contributed by atoms with Crippen LogP contribution >= 0.6 is 38.5 Å². The maximum absolute atomic E-state index is 5.63. The lowest BCUT2D eigenvalue weighted by atomic mass is 10.1. The second-order valence-corrected chi connectivity index (χ2v) is 5.54. The number of nitrogens with zero attached hydrogens (tertiary/aromatic N) is 3. The minimum absolute atomic E-state index is 0.138. The van der Waals surface area contributed by atoms with Crippen LogP contribution in [0.3, 0.4) is 0 Å². The van der Waals surface area contributed by atoms with Gasteiger partial charge in [-0.05, 0) is 56.2 Å². The summed E-state index contributed by atoms with van der Waals surface area (Å²) in [5.41, 5.74) is 4.75. The number of hydrogen-bond acceptors (Lipinski definition) is 4. The number of rotatable bonds is 3. The monoisotopic (exact) mass is 407 g/mol. The highest BCUT2D eigenvalue weighted by Crippen LogP contribution is 2.26. The predicted octanol–water partition coefficient (Wildman–Crippen LogP) is 1.73. The van der Waals surface area contributed by atoms with Crippen molar-refractivity contribution < 1.29 is 0 Å². The first-order chi connectivity index (χ1) is 8.13. The Morgan fingerprint density at radius 1 is 1.41 bits per heavy atom. The minimum atomic E-state index is -0.138. The van der Waals surface area contributed by atoms with Crippen molar-refractivity contribution in [2.24, 2.45) is 12.9 Å². The summed E-state index contributed by atoms with van der Waals surface area (Å²) in [4.78, 5) is 0. The molecule has 0 bridgehead atoms. The number of hydrazine groups is 1. The normalized spacial score (nSPS) is 12.7. The smallest absolute Gasteiger partial charge is 0.153 e. The third kappa shape index (κ3) is 2.67. The van der Waals surface area contributed by atoms with E-state index in [9.17, 15) is 0 Å². The molecule has 1 atom stereocenters. The van der Waals surface area contributed by atoms with Gasteiger partial charge in [-0.15, -0.1) is 5.10 Å². The van der Waals surface area contributed by atoms with E-state index in [1.807, 2.05) is 31.3 Å². The van der Waals surface area contributed by atoms with Crippen LogP contribution in [0.5, 0.6) is 0 Å². The molecule has 17 heavy (non-hydrogen) atoms. The second-order valence-electron chi connectivity index (χ2n) is 3.54. The Labute approximate surface area is 121 Å². The SMILES string of the molecule is Cn1nnc(Br)c1C(NN)c1ccc(I)cc1. The van der Waals surface area contributed by atoms with Gasteiger partial charge < -0.3 is 0 Å². The number of nitrogens with one attached hydrogen (secondary N) is 1. The fraction of sp³-hybridized carbons (Fsp3) is 0.200. The largest absolute Gasteiger partial charge is 0.271 e. The van der Waals surface area contributed by atoms with E-state index in [0.717, 1.165) is 11.3 Å². The van der Waals surface area contributed by atoms with Gasteiger partial charge in [-0.3, -0.25) is 5.84 Å². The Morgan fingerprint density at radius 3 is 2.53 bits per heavy atom. The highest BCUT2D eigenvalue weighted by atomic mass is 127. The molecule has 3 N–H and O–H groups in total. The van der Waals surface area contributed by atoms with E-state index in [1.165, 1.54) is 3.57 Å². The number of hydrogen-bond donors (Lipinski definition) is 2. The summed E-state index contributed by atoms with van der Waals surface area (Å²) in [5, 5.41) is 7.91. The van der Waals surface area contributed by atoms with Gasteiger partial charge in [0.2, 0.25) is 0 Å². The predicted molar refractivity (Wildman–Crippen MR) is 77.0 cm³/mol. The lowest BCUT2D eigenvalue weighted by Crippen LogP contribution is -2.30. The van der Waals surface area contributed by atoms with Gasteiger partial charge >= 0.3 is 0 Å². The average molecular weight is 408 g/mol. The zero-order valence-electron chi connectivity index (χ0n) is 9.06. The van der Waals surface area contributed by atoms with Gasteiger partial charge in [-0.25, -0.2) is 10.1 Å². The van der Waals surface area contributed by atoms with Crippen LogP contribution in [0.15, 0.2) is 28.9 Å². The molecule has 0 aliphatic rings. The van der Waals surface area contributed by atoms with Crippen LogP contribution < -0.4 is 11.3 Å². The van der Waals surface area contributed by atoms with Crippen molar-refractivity contribution >= 4 is 38.5 Å². The van der Waals surface area contributed by atoms with E-state index in [0.29, 0.717) is 4.60 Å². The Kier molecular flexibility index (Phi) is 4.13. The van der Waals surface area contributed by atoms with Crippen LogP contribution in [0.2, 0.25) is 0 Å². The van der Waals surface area contributed by atoms with E-state index in [-0.39, 0.29) is 6.04 Å². The van der Waals surface area contributed by atoms with Gasteiger partial charge in [0.1, 0.15) is 0 Å². The van der Waals surface area contributed by atoms with E-state index in [2.05, 4.69) is 54.3 Å². The minimum Gasteiger partial charge on any atom is -0.271 e. The molecule has 90 valence electrons. The van der Waals surface area contributed by atoms with Gasteiger partial charge in [-0.2, -0.15) is 0 Å². The molecule has 0 radical (unpaired) electrons. The summed E-state index contributed by atoms with van der Waals surface area (Å²) in [7, 11) is 1.84. The summed E-state index contributed by atoms with van der Waals surface area (Å²) in [6.45, 7) is 0. The summed E-state index contributed by atoms with van der Waals surface area (Å²) in [5.74, 6) is 5.63. The van der Waals surface area contributed by atoms with Crippen molar-refractivity contribution in [1.29, 1.82) is 0 Å². The highest BCUT2D eigenvalue weighted by molar-refractivity contribution is 14.1. The summed E-state index contributed by atoms with van der Waals surface area (Å²) in [6, 6.07) is 8.01. The molecule has 2 aromatic rings. The molecule has 1 unspecified atom stereocenters. The zero-order valence-corrected chi connectivity index (χ0v) is 12.8. The molecule has 0 spiro atoms. The molecule has 1 heterocycles. The molecule has 7 heteroatoms. The number of aryl methyl sites for hydroxylation is 1. The van der Waals surface area contributed by atoms with E-state index in [4.69, 9.17) is 5.84 Å². The first-order valence-corrected chi connectivity index (χ1v) is 6.77. The van der Waals surface area contributed by atoms with Gasteiger partial charge in [0.25, 0.3) is 0 Å². The lowest BCUT2D eigenvalue weighted by molar-refractivity contribution is 0.569. The van der Waals surface area contributed by atoms with Crippen molar-refractivity contribution in [1.82, 2.24) is 20.4 Å². The van der Waals surface area contributed by atoms with Crippen molar-refractivity contribution in [3.05, 3.63) is 43.7 Å². The Balaban J connectivity index is 2.43. The third-order valence-corrected chi connectivity index (χ3v) is 3.75. The first kappa shape index (κ1) is 12.9. The molecule has 5 nitrogen and oxygen atoms in total. The molecule has 1 aromatic carbocycles.